The van der Waals surface area contributed by atoms with Crippen LogP contribution in [0.2, 0.25) is 0 Å². The van der Waals surface area contributed by atoms with Gasteiger partial charge in [0.05, 0.1) is 19.8 Å². The molecule has 1 aromatic rings. The van der Waals surface area contributed by atoms with Gasteiger partial charge in [-0.15, -0.1) is 0 Å². The first-order valence-electron chi connectivity index (χ1n) is 24.9. The molecule has 15 atom stereocenters. The van der Waals surface area contributed by atoms with Gasteiger partial charge >= 0.3 is 71.6 Å². The molecule has 0 saturated carbocycles. The van der Waals surface area contributed by atoms with Gasteiger partial charge in [-0.05, 0) is 16.7 Å². The van der Waals surface area contributed by atoms with E-state index in [2.05, 4.69) is 0 Å². The fourth-order valence-electron chi connectivity index (χ4n) is 8.54. The molecule has 3 aliphatic rings. The Hall–Kier alpha value is -7.38. The van der Waals surface area contributed by atoms with Crippen molar-refractivity contribution >= 4 is 71.6 Å². The van der Waals surface area contributed by atoms with Crippen molar-refractivity contribution in [1.82, 2.24) is 0 Å². The van der Waals surface area contributed by atoms with Gasteiger partial charge in [0, 0.05) is 83.1 Å². The van der Waals surface area contributed by atoms with E-state index in [0.29, 0.717) is 0 Å². The summed E-state index contributed by atoms with van der Waals surface area (Å²) < 4.78 is 102. The zero-order chi connectivity index (χ0) is 60.4. The molecule has 3 aliphatic heterocycles. The third kappa shape index (κ3) is 20.9. The number of ether oxygens (including phenoxy) is 18. The molecule has 81 heavy (non-hydrogen) atoms. The van der Waals surface area contributed by atoms with Crippen LogP contribution in [0.15, 0.2) is 18.2 Å². The lowest BCUT2D eigenvalue weighted by molar-refractivity contribution is -0.312. The molecule has 0 amide bonds. The van der Waals surface area contributed by atoms with Gasteiger partial charge in [-0.1, -0.05) is 18.2 Å². The van der Waals surface area contributed by atoms with E-state index in [1.807, 2.05) is 0 Å². The summed E-state index contributed by atoms with van der Waals surface area (Å²) in [5, 5.41) is 0. The summed E-state index contributed by atoms with van der Waals surface area (Å²) in [5.74, 6) is -10.5. The Kier molecular flexibility index (Phi) is 25.3. The van der Waals surface area contributed by atoms with E-state index >= 15 is 0 Å². The number of hydrogen-bond donors (Lipinski definition) is 0. The number of carbonyl (C=O) groups excluding carboxylic acids is 12. The van der Waals surface area contributed by atoms with Crippen LogP contribution in [0.1, 0.15) is 99.8 Å². The largest absolute Gasteiger partial charge is 0.463 e. The number of benzene rings is 1. The minimum Gasteiger partial charge on any atom is -0.463 e. The van der Waals surface area contributed by atoms with Crippen LogP contribution in [0.3, 0.4) is 0 Å². The van der Waals surface area contributed by atoms with Crippen LogP contribution in [-0.2, 0) is 163 Å². The van der Waals surface area contributed by atoms with E-state index < -0.39 is 203 Å². The van der Waals surface area contributed by atoms with Gasteiger partial charge in [0.25, 0.3) is 0 Å². The lowest BCUT2D eigenvalue weighted by atomic mass is 9.97. The molecule has 0 bridgehead atoms. The quantitative estimate of drug-likeness (QED) is 0.100. The van der Waals surface area contributed by atoms with Gasteiger partial charge in [-0.3, -0.25) is 57.5 Å². The summed E-state index contributed by atoms with van der Waals surface area (Å²) >= 11 is 0. The molecule has 3 fully saturated rings. The number of rotatable bonds is 24. The van der Waals surface area contributed by atoms with Crippen LogP contribution < -0.4 is 0 Å². The van der Waals surface area contributed by atoms with Crippen LogP contribution in [0.25, 0.3) is 0 Å². The minimum absolute atomic E-state index is 0.163. The van der Waals surface area contributed by atoms with E-state index in [1.54, 1.807) is 0 Å². The van der Waals surface area contributed by atoms with E-state index in [9.17, 15) is 57.5 Å². The number of esters is 12. The van der Waals surface area contributed by atoms with E-state index in [4.69, 9.17) is 85.3 Å². The molecule has 0 radical (unpaired) electrons. The number of hydrogen-bond acceptors (Lipinski definition) is 30. The monoisotopic (exact) mass is 1160 g/mol. The van der Waals surface area contributed by atoms with E-state index in [0.717, 1.165) is 83.1 Å². The lowest BCUT2D eigenvalue weighted by Crippen LogP contribution is -2.63. The molecule has 30 nitrogen and oxygen atoms in total. The van der Waals surface area contributed by atoms with Crippen molar-refractivity contribution in [2.45, 2.75) is 195 Å². The Bertz CT molecular complexity index is 2460. The molecular weight excluding hydrogens is 1090 g/mol. The summed E-state index contributed by atoms with van der Waals surface area (Å²) in [6.07, 6.45) is -23.6. The van der Waals surface area contributed by atoms with Gasteiger partial charge in [-0.2, -0.15) is 0 Å². The maximum absolute atomic E-state index is 12.7. The second kappa shape index (κ2) is 31.0. The highest BCUT2D eigenvalue weighted by atomic mass is 16.8. The van der Waals surface area contributed by atoms with Crippen LogP contribution >= 0.6 is 0 Å². The van der Waals surface area contributed by atoms with Crippen molar-refractivity contribution < 1.29 is 143 Å². The average molecular weight is 1160 g/mol. The minimum atomic E-state index is -1.73. The second-order valence-corrected chi connectivity index (χ2v) is 18.2. The average Bonchev–Trinajstić information content (AvgIpc) is 3.37. The van der Waals surface area contributed by atoms with Gasteiger partial charge in [0.1, 0.15) is 38.1 Å². The predicted molar refractivity (Wildman–Crippen MR) is 257 cm³/mol. The van der Waals surface area contributed by atoms with Crippen LogP contribution in [0.4, 0.5) is 0 Å². The zero-order valence-electron chi connectivity index (χ0n) is 46.4. The standard InChI is InChI=1S/C51H66O30/c1-22(52)64-19-37-40(70-25(4)55)43(73-28(7)58)46(76-31(10)61)49(79-37)67-16-34-13-14-35(17-68-50-47(77-32(11)62)44(74-29(8)59)41(71-26(5)56)38(80-50)20-65-23(2)53)36(15-34)18-69-51-48(78-33(12)63)45(75-30(9)60)42(72-27(6)57)39(81-51)21-66-24(3)54/h13-15,37-51H,16-21H2,1-12H3/t37-,38-,39-,40-,41-,42-,43+,44+,45+,46-,47-,48-,49+,50+,51+/m1/s1. The van der Waals surface area contributed by atoms with Gasteiger partial charge in [0.15, 0.2) is 73.8 Å². The summed E-state index contributed by atoms with van der Waals surface area (Å²) in [7, 11) is 0. The highest BCUT2D eigenvalue weighted by Crippen LogP contribution is 2.35. The van der Waals surface area contributed by atoms with Gasteiger partial charge in [-0.25, -0.2) is 0 Å². The fourth-order valence-corrected chi connectivity index (χ4v) is 8.54. The molecule has 450 valence electrons. The van der Waals surface area contributed by atoms with Crippen molar-refractivity contribution in [3.8, 4) is 0 Å². The SMILES string of the molecule is CC(=O)OC[C@H]1O[C@H](OCc2ccc(CO[C@H]3O[C@H](COC(C)=O)[C@@H](OC(C)=O)[C@H](OC(C)=O)[C@H]3OC(C)=O)c(CO[C@H]3O[C@H](COC(C)=O)[C@@H](OC(C)=O)[C@H](OC(C)=O)[C@H]3OC(C)=O)c2)[C@H](OC(C)=O)[C@@H](OC(C)=O)[C@@H]1OC(C)=O. The Morgan fingerprint density at radius 2 is 0.556 bits per heavy atom. The molecule has 0 unspecified atom stereocenters. The Balaban J connectivity index is 1.86. The van der Waals surface area contributed by atoms with E-state index in [1.165, 1.54) is 18.2 Å². The molecule has 0 aliphatic carbocycles. The molecule has 0 spiro atoms. The highest BCUT2D eigenvalue weighted by molar-refractivity contribution is 5.71. The summed E-state index contributed by atoms with van der Waals surface area (Å²) in [6.45, 7) is 9.27. The maximum Gasteiger partial charge on any atom is 0.303 e. The smallest absolute Gasteiger partial charge is 0.303 e. The third-order valence-corrected chi connectivity index (χ3v) is 11.3. The number of carbonyl (C=O) groups is 12. The molecule has 0 N–H and O–H groups in total. The molecule has 3 saturated heterocycles. The predicted octanol–water partition coefficient (Wildman–Crippen LogP) is 0.486. The fraction of sp³-hybridized carbons (Fsp3) is 0.647. The van der Waals surface area contributed by atoms with Crippen molar-refractivity contribution in [1.29, 1.82) is 0 Å². The van der Waals surface area contributed by atoms with Crippen molar-refractivity contribution in [2.24, 2.45) is 0 Å². The van der Waals surface area contributed by atoms with Crippen LogP contribution in [0, 0.1) is 0 Å². The Labute approximate surface area is 463 Å². The first kappa shape index (κ1) is 66.1. The van der Waals surface area contributed by atoms with Crippen LogP contribution in [0.5, 0.6) is 0 Å². The Morgan fingerprint density at radius 1 is 0.309 bits per heavy atom. The zero-order valence-corrected chi connectivity index (χ0v) is 46.4. The first-order valence-corrected chi connectivity index (χ1v) is 24.9. The van der Waals surface area contributed by atoms with E-state index in [-0.39, 0.29) is 16.7 Å². The topological polar surface area (TPSA) is 371 Å². The van der Waals surface area contributed by atoms with Crippen molar-refractivity contribution in [3.05, 3.63) is 34.9 Å². The molecule has 0 aromatic heterocycles. The molecule has 4 rings (SSSR count). The summed E-state index contributed by atoms with van der Waals surface area (Å²) in [4.78, 5) is 148. The van der Waals surface area contributed by atoms with Crippen LogP contribution in [-0.4, -0.2) is 184 Å². The van der Waals surface area contributed by atoms with Crippen molar-refractivity contribution in [2.75, 3.05) is 19.8 Å². The Morgan fingerprint density at radius 3 is 0.827 bits per heavy atom. The molecule has 30 heteroatoms. The van der Waals surface area contributed by atoms with Gasteiger partial charge < -0.3 is 85.3 Å². The molecular formula is C51H66O30. The third-order valence-electron chi connectivity index (χ3n) is 11.3. The van der Waals surface area contributed by atoms with Crippen molar-refractivity contribution in [3.63, 3.8) is 0 Å². The first-order chi connectivity index (χ1) is 38.0. The molecule has 3 heterocycles. The summed E-state index contributed by atoms with van der Waals surface area (Å²) in [6, 6.07) is 4.44. The highest BCUT2D eigenvalue weighted by Gasteiger charge is 2.56. The van der Waals surface area contributed by atoms with Gasteiger partial charge in [0.2, 0.25) is 0 Å². The normalized spacial score (nSPS) is 27.8. The second-order valence-electron chi connectivity index (χ2n) is 18.2. The maximum atomic E-state index is 12.7. The molecule has 1 aromatic carbocycles. The summed E-state index contributed by atoms with van der Waals surface area (Å²) in [5.41, 5.74) is 0.639. The lowest BCUT2D eigenvalue weighted by Gasteiger charge is -2.44.